The van der Waals surface area contributed by atoms with Crippen LogP contribution in [0.15, 0.2) is 35.6 Å². The Morgan fingerprint density at radius 1 is 1.20 bits per heavy atom. The number of fused-ring (bicyclic) bond motifs is 1. The second-order valence-electron chi connectivity index (χ2n) is 7.56. The summed E-state index contributed by atoms with van der Waals surface area (Å²) in [5.41, 5.74) is 2.25. The lowest BCUT2D eigenvalue weighted by molar-refractivity contribution is 0.594. The minimum Gasteiger partial charge on any atom is -0.355 e. The molecule has 0 aliphatic carbocycles. The number of hydrogen-bond donors (Lipinski definition) is 2. The first kappa shape index (κ1) is 21.8. The van der Waals surface area contributed by atoms with Crippen molar-refractivity contribution >= 4 is 17.0 Å². The minimum atomic E-state index is 0.372. The molecular formula is C22H34N8. The number of aryl methyl sites for hydroxylation is 3. The van der Waals surface area contributed by atoms with E-state index in [1.807, 2.05) is 6.07 Å². The van der Waals surface area contributed by atoms with E-state index in [0.29, 0.717) is 6.04 Å². The summed E-state index contributed by atoms with van der Waals surface area (Å²) in [4.78, 5) is 9.45. The number of aromatic nitrogens is 5. The lowest BCUT2D eigenvalue weighted by Crippen LogP contribution is -2.43. The quantitative estimate of drug-likeness (QED) is 0.305. The van der Waals surface area contributed by atoms with Gasteiger partial charge in [-0.1, -0.05) is 26.0 Å². The lowest BCUT2D eigenvalue weighted by atomic mass is 10.3. The smallest absolute Gasteiger partial charge is 0.191 e. The molecule has 0 aliphatic rings. The summed E-state index contributed by atoms with van der Waals surface area (Å²) in [6.45, 7) is 11.8. The minimum absolute atomic E-state index is 0.372. The zero-order valence-electron chi connectivity index (χ0n) is 18.6. The molecule has 0 radical (unpaired) electrons. The topological polar surface area (TPSA) is 85.0 Å². The molecule has 2 aromatic heterocycles. The molecule has 8 heteroatoms. The first-order valence-electron chi connectivity index (χ1n) is 11.0. The van der Waals surface area contributed by atoms with Crippen LogP contribution in [0.1, 0.15) is 45.3 Å². The molecular weight excluding hydrogens is 376 g/mol. The predicted molar refractivity (Wildman–Crippen MR) is 122 cm³/mol. The second kappa shape index (κ2) is 10.8. The van der Waals surface area contributed by atoms with Gasteiger partial charge < -0.3 is 19.8 Å². The number of aliphatic imine (C=N–C) groups is 1. The number of para-hydroxylation sites is 2. The molecule has 30 heavy (non-hydrogen) atoms. The molecule has 1 unspecified atom stereocenters. The first-order valence-corrected chi connectivity index (χ1v) is 11.0. The zero-order chi connectivity index (χ0) is 21.3. The third-order valence-corrected chi connectivity index (χ3v) is 5.31. The number of nitrogens with one attached hydrogen (secondary N) is 2. The van der Waals surface area contributed by atoms with E-state index in [-0.39, 0.29) is 0 Å². The van der Waals surface area contributed by atoms with Gasteiger partial charge in [-0.25, -0.2) is 4.98 Å². The highest BCUT2D eigenvalue weighted by Crippen LogP contribution is 2.15. The number of rotatable bonds is 10. The van der Waals surface area contributed by atoms with Gasteiger partial charge in [0.05, 0.1) is 11.0 Å². The van der Waals surface area contributed by atoms with Crippen LogP contribution in [0.25, 0.3) is 11.0 Å². The van der Waals surface area contributed by atoms with Crippen molar-refractivity contribution in [2.75, 3.05) is 13.1 Å². The van der Waals surface area contributed by atoms with Crippen LogP contribution >= 0.6 is 0 Å². The molecule has 3 rings (SSSR count). The van der Waals surface area contributed by atoms with E-state index in [9.17, 15) is 0 Å². The Kier molecular flexibility index (Phi) is 7.82. The van der Waals surface area contributed by atoms with Crippen molar-refractivity contribution in [3.63, 3.8) is 0 Å². The van der Waals surface area contributed by atoms with E-state index >= 15 is 0 Å². The SMILES string of the molecule is CCc1nncn1CCNC(=NCCCn1c(C)nc2ccccc21)NC(C)CC. The molecule has 0 aliphatic heterocycles. The third-order valence-electron chi connectivity index (χ3n) is 5.31. The molecule has 8 nitrogen and oxygen atoms in total. The number of imidazole rings is 1. The van der Waals surface area contributed by atoms with Crippen molar-refractivity contribution in [3.8, 4) is 0 Å². The van der Waals surface area contributed by atoms with Crippen LogP contribution in [-0.4, -0.2) is 49.4 Å². The Balaban J connectivity index is 1.55. The molecule has 0 fully saturated rings. The summed E-state index contributed by atoms with van der Waals surface area (Å²) in [7, 11) is 0. The van der Waals surface area contributed by atoms with Gasteiger partial charge in [0.15, 0.2) is 5.96 Å². The molecule has 0 amide bonds. The van der Waals surface area contributed by atoms with E-state index in [2.05, 4.69) is 80.8 Å². The molecule has 0 spiro atoms. The van der Waals surface area contributed by atoms with Gasteiger partial charge in [0.25, 0.3) is 0 Å². The highest BCUT2D eigenvalue weighted by molar-refractivity contribution is 5.80. The average Bonchev–Trinajstić information content (AvgIpc) is 3.34. The van der Waals surface area contributed by atoms with Crippen molar-refractivity contribution in [1.82, 2.24) is 34.9 Å². The summed E-state index contributed by atoms with van der Waals surface area (Å²) in [6.07, 6.45) is 4.68. The molecule has 2 N–H and O–H groups in total. The Hall–Kier alpha value is -2.90. The summed E-state index contributed by atoms with van der Waals surface area (Å²) in [5.74, 6) is 2.92. The lowest BCUT2D eigenvalue weighted by Gasteiger charge is -2.17. The largest absolute Gasteiger partial charge is 0.355 e. The highest BCUT2D eigenvalue weighted by Gasteiger charge is 2.07. The highest BCUT2D eigenvalue weighted by atomic mass is 15.3. The van der Waals surface area contributed by atoms with Crippen LogP contribution < -0.4 is 10.6 Å². The van der Waals surface area contributed by atoms with Gasteiger partial charge in [0.1, 0.15) is 18.0 Å². The maximum Gasteiger partial charge on any atom is 0.191 e. The van der Waals surface area contributed by atoms with E-state index in [1.54, 1.807) is 6.33 Å². The van der Waals surface area contributed by atoms with E-state index < -0.39 is 0 Å². The fraction of sp³-hybridized carbons (Fsp3) is 0.545. The van der Waals surface area contributed by atoms with Crippen LogP contribution in [0.2, 0.25) is 0 Å². The Labute approximate surface area is 178 Å². The monoisotopic (exact) mass is 410 g/mol. The summed E-state index contributed by atoms with van der Waals surface area (Å²) in [6, 6.07) is 8.67. The standard InChI is InChI=1S/C22H34N8/c1-5-17(3)26-22(24-13-15-29-16-25-28-21(29)6-2)23-12-9-14-30-18(4)27-19-10-7-8-11-20(19)30/h7-8,10-11,16-17H,5-6,9,12-15H2,1-4H3,(H2,23,24,26). The van der Waals surface area contributed by atoms with Gasteiger partial charge in [0, 0.05) is 38.6 Å². The van der Waals surface area contributed by atoms with Crippen LogP contribution in [0.4, 0.5) is 0 Å². The zero-order valence-corrected chi connectivity index (χ0v) is 18.6. The Bertz CT molecular complexity index is 955. The van der Waals surface area contributed by atoms with Crippen LogP contribution in [-0.2, 0) is 19.5 Å². The molecule has 0 saturated heterocycles. The molecule has 162 valence electrons. The second-order valence-corrected chi connectivity index (χ2v) is 7.56. The number of nitrogens with zero attached hydrogens (tertiary/aromatic N) is 6. The van der Waals surface area contributed by atoms with Crippen LogP contribution in [0.3, 0.4) is 0 Å². The van der Waals surface area contributed by atoms with Crippen molar-refractivity contribution in [1.29, 1.82) is 0 Å². The third kappa shape index (κ3) is 5.58. The summed E-state index contributed by atoms with van der Waals surface area (Å²) >= 11 is 0. The molecule has 3 aromatic rings. The van der Waals surface area contributed by atoms with Gasteiger partial charge in [-0.05, 0) is 38.8 Å². The average molecular weight is 411 g/mol. The number of guanidine groups is 1. The molecule has 0 saturated carbocycles. The van der Waals surface area contributed by atoms with E-state index in [0.717, 1.165) is 68.6 Å². The van der Waals surface area contributed by atoms with Crippen molar-refractivity contribution in [3.05, 3.63) is 42.2 Å². The normalized spacial score (nSPS) is 13.0. The summed E-state index contributed by atoms with van der Waals surface area (Å²) in [5, 5.41) is 15.1. The molecule has 1 atom stereocenters. The fourth-order valence-corrected chi connectivity index (χ4v) is 3.42. The van der Waals surface area contributed by atoms with E-state index in [1.165, 1.54) is 5.52 Å². The van der Waals surface area contributed by atoms with Gasteiger partial charge in [-0.3, -0.25) is 4.99 Å². The fourth-order valence-electron chi connectivity index (χ4n) is 3.42. The number of hydrogen-bond acceptors (Lipinski definition) is 4. The van der Waals surface area contributed by atoms with Crippen molar-refractivity contribution in [2.45, 2.75) is 66.1 Å². The molecule has 2 heterocycles. The van der Waals surface area contributed by atoms with Gasteiger partial charge in [0.2, 0.25) is 0 Å². The van der Waals surface area contributed by atoms with Crippen molar-refractivity contribution in [2.24, 2.45) is 4.99 Å². The number of benzene rings is 1. The Morgan fingerprint density at radius 3 is 2.83 bits per heavy atom. The van der Waals surface area contributed by atoms with E-state index in [4.69, 9.17) is 4.99 Å². The van der Waals surface area contributed by atoms with Gasteiger partial charge >= 0.3 is 0 Å². The summed E-state index contributed by atoms with van der Waals surface area (Å²) < 4.78 is 4.36. The maximum atomic E-state index is 4.80. The van der Waals surface area contributed by atoms with Crippen molar-refractivity contribution < 1.29 is 0 Å². The van der Waals surface area contributed by atoms with Crippen LogP contribution in [0.5, 0.6) is 0 Å². The first-order chi connectivity index (χ1) is 14.6. The van der Waals surface area contributed by atoms with Crippen LogP contribution in [0, 0.1) is 6.92 Å². The molecule has 1 aromatic carbocycles. The Morgan fingerprint density at radius 2 is 2.03 bits per heavy atom. The van der Waals surface area contributed by atoms with Gasteiger partial charge in [-0.15, -0.1) is 10.2 Å². The van der Waals surface area contributed by atoms with Gasteiger partial charge in [-0.2, -0.15) is 0 Å². The predicted octanol–water partition coefficient (Wildman–Crippen LogP) is 2.92. The maximum absolute atomic E-state index is 4.80. The molecule has 0 bridgehead atoms.